The zero-order chi connectivity index (χ0) is 19.9. The third kappa shape index (κ3) is 5.36. The molecule has 0 bridgehead atoms. The van der Waals surface area contributed by atoms with Gasteiger partial charge in [-0.1, -0.05) is 36.4 Å². The highest BCUT2D eigenvalue weighted by Crippen LogP contribution is 2.19. The number of aliphatic imine (C=N–C) groups is 1. The lowest BCUT2D eigenvalue weighted by Gasteiger charge is -2.13. The number of rotatable bonds is 7. The number of H-pyrrole nitrogens is 1. The number of benzene rings is 2. The summed E-state index contributed by atoms with van der Waals surface area (Å²) in [5, 5.41) is 8.13. The lowest BCUT2D eigenvalue weighted by molar-refractivity contribution is 0.402. The lowest BCUT2D eigenvalue weighted by Crippen LogP contribution is -2.37. The summed E-state index contributed by atoms with van der Waals surface area (Å²) in [5.41, 5.74) is 6.39. The van der Waals surface area contributed by atoms with Crippen LogP contribution in [0.2, 0.25) is 0 Å². The van der Waals surface area contributed by atoms with E-state index >= 15 is 0 Å². The van der Waals surface area contributed by atoms with Crippen LogP contribution in [0.3, 0.4) is 0 Å². The van der Waals surface area contributed by atoms with E-state index in [2.05, 4.69) is 95.2 Å². The van der Waals surface area contributed by atoms with Crippen molar-refractivity contribution in [1.82, 2.24) is 20.5 Å². The predicted octanol–water partition coefficient (Wildman–Crippen LogP) is 3.45. The molecule has 0 spiro atoms. The summed E-state index contributed by atoms with van der Waals surface area (Å²) in [6.07, 6.45) is 3.06. The Labute approximate surface area is 167 Å². The first kappa shape index (κ1) is 20.0. The number of aryl methyl sites for hydroxylation is 1. The number of fused-ring (bicyclic) bond motifs is 1. The van der Waals surface area contributed by atoms with Gasteiger partial charge in [0.1, 0.15) is 0 Å². The largest absolute Gasteiger partial charge is 0.361 e. The Morgan fingerprint density at radius 3 is 2.68 bits per heavy atom. The predicted molar refractivity (Wildman–Crippen MR) is 119 cm³/mol. The first-order valence-electron chi connectivity index (χ1n) is 9.79. The maximum Gasteiger partial charge on any atom is 0.191 e. The second-order valence-corrected chi connectivity index (χ2v) is 7.52. The summed E-state index contributed by atoms with van der Waals surface area (Å²) in [5.74, 6) is 0.827. The van der Waals surface area contributed by atoms with E-state index in [1.807, 2.05) is 7.05 Å². The molecule has 148 valence electrons. The summed E-state index contributed by atoms with van der Waals surface area (Å²) in [7, 11) is 5.99. The van der Waals surface area contributed by atoms with Gasteiger partial charge in [0.15, 0.2) is 5.96 Å². The van der Waals surface area contributed by atoms with E-state index in [-0.39, 0.29) is 0 Å². The lowest BCUT2D eigenvalue weighted by atomic mass is 10.1. The molecule has 0 unspecified atom stereocenters. The van der Waals surface area contributed by atoms with Crippen molar-refractivity contribution in [3.05, 3.63) is 70.9 Å². The van der Waals surface area contributed by atoms with Crippen LogP contribution in [0.25, 0.3) is 10.9 Å². The third-order valence-electron chi connectivity index (χ3n) is 4.78. The van der Waals surface area contributed by atoms with Crippen LogP contribution in [0.15, 0.2) is 53.7 Å². The smallest absolute Gasteiger partial charge is 0.191 e. The fourth-order valence-corrected chi connectivity index (χ4v) is 3.43. The molecule has 1 heterocycles. The molecule has 3 rings (SSSR count). The Balaban J connectivity index is 1.51. The monoisotopic (exact) mass is 377 g/mol. The Bertz CT molecular complexity index is 939. The van der Waals surface area contributed by atoms with Crippen LogP contribution in [-0.4, -0.2) is 43.5 Å². The van der Waals surface area contributed by atoms with Gasteiger partial charge >= 0.3 is 0 Å². The number of hydrogen-bond donors (Lipinski definition) is 3. The van der Waals surface area contributed by atoms with Gasteiger partial charge in [-0.3, -0.25) is 4.99 Å². The molecule has 0 amide bonds. The summed E-state index contributed by atoms with van der Waals surface area (Å²) in [4.78, 5) is 9.89. The second-order valence-electron chi connectivity index (χ2n) is 7.52. The molecule has 0 saturated heterocycles. The molecular formula is C23H31N5. The van der Waals surface area contributed by atoms with E-state index < -0.39 is 0 Å². The molecule has 5 nitrogen and oxygen atoms in total. The zero-order valence-electron chi connectivity index (χ0n) is 17.3. The molecule has 28 heavy (non-hydrogen) atoms. The molecule has 0 aliphatic heterocycles. The number of guanidine groups is 1. The van der Waals surface area contributed by atoms with Crippen molar-refractivity contribution in [2.75, 3.05) is 27.7 Å². The normalized spacial score (nSPS) is 12.0. The van der Waals surface area contributed by atoms with Gasteiger partial charge in [-0.15, -0.1) is 0 Å². The molecule has 0 aliphatic carbocycles. The number of hydrogen-bond acceptors (Lipinski definition) is 2. The Morgan fingerprint density at radius 2 is 1.89 bits per heavy atom. The van der Waals surface area contributed by atoms with E-state index in [4.69, 9.17) is 0 Å². The van der Waals surface area contributed by atoms with Crippen LogP contribution < -0.4 is 10.6 Å². The van der Waals surface area contributed by atoms with Gasteiger partial charge in [-0.25, -0.2) is 0 Å². The minimum absolute atomic E-state index is 0.757. The van der Waals surface area contributed by atoms with E-state index in [0.717, 1.165) is 32.0 Å². The number of aromatic nitrogens is 1. The molecule has 5 heteroatoms. The fraction of sp³-hybridized carbons (Fsp3) is 0.348. The zero-order valence-corrected chi connectivity index (χ0v) is 17.3. The summed E-state index contributed by atoms with van der Waals surface area (Å²) in [6.45, 7) is 4.66. The molecule has 0 atom stereocenters. The summed E-state index contributed by atoms with van der Waals surface area (Å²) >= 11 is 0. The van der Waals surface area contributed by atoms with Gasteiger partial charge in [-0.05, 0) is 55.8 Å². The van der Waals surface area contributed by atoms with Crippen molar-refractivity contribution < 1.29 is 0 Å². The molecule has 2 aromatic carbocycles. The molecule has 0 fully saturated rings. The molecule has 0 saturated carbocycles. The van der Waals surface area contributed by atoms with Crippen molar-refractivity contribution in [3.8, 4) is 0 Å². The maximum atomic E-state index is 4.35. The molecule has 0 aliphatic rings. The van der Waals surface area contributed by atoms with Crippen molar-refractivity contribution in [2.24, 2.45) is 4.99 Å². The fourth-order valence-electron chi connectivity index (χ4n) is 3.43. The molecule has 0 radical (unpaired) electrons. The highest BCUT2D eigenvalue weighted by molar-refractivity contribution is 5.84. The van der Waals surface area contributed by atoms with Gasteiger partial charge in [-0.2, -0.15) is 0 Å². The second kappa shape index (κ2) is 9.42. The van der Waals surface area contributed by atoms with Gasteiger partial charge in [0.2, 0.25) is 0 Å². The SMILES string of the molecule is CN=C(NCCc1c[nH]c2cc(C)ccc12)NCc1cccc(CN(C)C)c1. The van der Waals surface area contributed by atoms with Crippen LogP contribution in [0, 0.1) is 6.92 Å². The topological polar surface area (TPSA) is 55.5 Å². The van der Waals surface area contributed by atoms with Crippen LogP contribution in [-0.2, 0) is 19.5 Å². The van der Waals surface area contributed by atoms with Crippen LogP contribution in [0.5, 0.6) is 0 Å². The minimum atomic E-state index is 0.757. The van der Waals surface area contributed by atoms with Crippen LogP contribution in [0.4, 0.5) is 0 Å². The average molecular weight is 378 g/mol. The molecule has 3 N–H and O–H groups in total. The molecular weight excluding hydrogens is 346 g/mol. The Hall–Kier alpha value is -2.79. The first-order valence-corrected chi connectivity index (χ1v) is 9.79. The van der Waals surface area contributed by atoms with Gasteiger partial charge in [0.05, 0.1) is 0 Å². The van der Waals surface area contributed by atoms with E-state index in [0.29, 0.717) is 0 Å². The van der Waals surface area contributed by atoms with Gasteiger partial charge in [0, 0.05) is 43.8 Å². The van der Waals surface area contributed by atoms with Crippen molar-refractivity contribution in [1.29, 1.82) is 0 Å². The third-order valence-corrected chi connectivity index (χ3v) is 4.78. The maximum absolute atomic E-state index is 4.35. The van der Waals surface area contributed by atoms with Gasteiger partial charge in [0.25, 0.3) is 0 Å². The van der Waals surface area contributed by atoms with Crippen molar-refractivity contribution >= 4 is 16.9 Å². The van der Waals surface area contributed by atoms with E-state index in [1.54, 1.807) is 0 Å². The Kier molecular flexibility index (Phi) is 6.71. The minimum Gasteiger partial charge on any atom is -0.361 e. The highest BCUT2D eigenvalue weighted by atomic mass is 15.2. The molecule has 1 aromatic heterocycles. The van der Waals surface area contributed by atoms with E-state index in [1.165, 1.54) is 33.2 Å². The quantitative estimate of drug-likeness (QED) is 0.437. The number of aromatic amines is 1. The Morgan fingerprint density at radius 1 is 1.07 bits per heavy atom. The van der Waals surface area contributed by atoms with Crippen molar-refractivity contribution in [3.63, 3.8) is 0 Å². The van der Waals surface area contributed by atoms with E-state index in [9.17, 15) is 0 Å². The summed E-state index contributed by atoms with van der Waals surface area (Å²) < 4.78 is 0. The number of nitrogens with one attached hydrogen (secondary N) is 3. The van der Waals surface area contributed by atoms with Crippen LogP contribution >= 0.6 is 0 Å². The number of nitrogens with zero attached hydrogens (tertiary/aromatic N) is 2. The van der Waals surface area contributed by atoms with Crippen LogP contribution in [0.1, 0.15) is 22.3 Å². The average Bonchev–Trinajstić information content (AvgIpc) is 3.06. The molecule has 3 aromatic rings. The first-order chi connectivity index (χ1) is 13.5. The summed E-state index contributed by atoms with van der Waals surface area (Å²) in [6, 6.07) is 15.2. The van der Waals surface area contributed by atoms with Crippen molar-refractivity contribution in [2.45, 2.75) is 26.4 Å². The highest BCUT2D eigenvalue weighted by Gasteiger charge is 2.05. The standard InChI is InChI=1S/C23H31N5/c1-17-8-9-21-20(15-26-22(21)12-17)10-11-25-23(24-2)27-14-18-6-5-7-19(13-18)16-28(3)4/h5-9,12-13,15,26H,10-11,14,16H2,1-4H3,(H2,24,25,27). The van der Waals surface area contributed by atoms with Gasteiger partial charge < -0.3 is 20.5 Å².